The Kier molecular flexibility index (Phi) is 2.22. The SMILES string of the molecule is C=C=CC(=O)C(F)(F)F. The number of hydrogen-bond donors (Lipinski definition) is 0. The molecule has 1 nitrogen and oxygen atoms in total. The van der Waals surface area contributed by atoms with E-state index in [-0.39, 0.29) is 6.08 Å². The summed E-state index contributed by atoms with van der Waals surface area (Å²) in [6, 6.07) is 0. The highest BCUT2D eigenvalue weighted by Crippen LogP contribution is 2.15. The molecular weight excluding hydrogens is 133 g/mol. The second-order valence-corrected chi connectivity index (χ2v) is 1.21. The fraction of sp³-hybridized carbons (Fsp3) is 0.200. The van der Waals surface area contributed by atoms with Gasteiger partial charge in [-0.25, -0.2) is 0 Å². The Morgan fingerprint density at radius 2 is 2.00 bits per heavy atom. The van der Waals surface area contributed by atoms with Crippen molar-refractivity contribution in [1.29, 1.82) is 0 Å². The van der Waals surface area contributed by atoms with Crippen molar-refractivity contribution in [2.24, 2.45) is 0 Å². The number of alkyl halides is 3. The quantitative estimate of drug-likeness (QED) is 0.394. The number of rotatable bonds is 1. The summed E-state index contributed by atoms with van der Waals surface area (Å²) in [5, 5.41) is 0. The molecule has 0 saturated heterocycles. The van der Waals surface area contributed by atoms with Gasteiger partial charge in [-0.3, -0.25) is 4.79 Å². The molecule has 0 unspecified atom stereocenters. The standard InChI is InChI=1S/C5H3F3O/c1-2-3-4(9)5(6,7)8/h3H,1H2. The highest BCUT2D eigenvalue weighted by Gasteiger charge is 2.35. The van der Waals surface area contributed by atoms with Gasteiger partial charge in [0.1, 0.15) is 0 Å². The van der Waals surface area contributed by atoms with Crippen molar-refractivity contribution in [2.45, 2.75) is 6.18 Å². The smallest absolute Gasteiger partial charge is 0.284 e. The molecule has 4 heteroatoms. The van der Waals surface area contributed by atoms with Gasteiger partial charge in [0.05, 0.1) is 0 Å². The fourth-order valence-corrected chi connectivity index (χ4v) is 0.175. The highest BCUT2D eigenvalue weighted by atomic mass is 19.4. The van der Waals surface area contributed by atoms with Crippen molar-refractivity contribution in [3.8, 4) is 0 Å². The Morgan fingerprint density at radius 3 is 2.11 bits per heavy atom. The van der Waals surface area contributed by atoms with E-state index < -0.39 is 12.0 Å². The van der Waals surface area contributed by atoms with Crippen LogP contribution in [0.3, 0.4) is 0 Å². The number of halogens is 3. The van der Waals surface area contributed by atoms with Crippen LogP contribution in [0, 0.1) is 0 Å². The van der Waals surface area contributed by atoms with E-state index in [1.54, 1.807) is 5.73 Å². The topological polar surface area (TPSA) is 17.1 Å². The van der Waals surface area contributed by atoms with Gasteiger partial charge in [-0.1, -0.05) is 6.58 Å². The molecule has 0 saturated carbocycles. The lowest BCUT2D eigenvalue weighted by Crippen LogP contribution is -2.19. The van der Waals surface area contributed by atoms with Crippen molar-refractivity contribution in [3.63, 3.8) is 0 Å². The first-order chi connectivity index (χ1) is 3.98. The summed E-state index contributed by atoms with van der Waals surface area (Å²) in [7, 11) is 0. The zero-order chi connectivity index (χ0) is 7.49. The Hall–Kier alpha value is -1.02. The van der Waals surface area contributed by atoms with Crippen molar-refractivity contribution >= 4 is 5.78 Å². The van der Waals surface area contributed by atoms with Crippen molar-refractivity contribution in [1.82, 2.24) is 0 Å². The predicted molar refractivity (Wildman–Crippen MR) is 24.8 cm³/mol. The molecule has 0 heterocycles. The highest BCUT2D eigenvalue weighted by molar-refractivity contribution is 5.94. The Labute approximate surface area is 49.5 Å². The molecule has 50 valence electrons. The zero-order valence-corrected chi connectivity index (χ0v) is 4.33. The molecule has 0 radical (unpaired) electrons. The second-order valence-electron chi connectivity index (χ2n) is 1.21. The van der Waals surface area contributed by atoms with E-state index >= 15 is 0 Å². The number of allylic oxidation sites excluding steroid dienone is 1. The molecule has 0 aromatic rings. The van der Waals surface area contributed by atoms with Crippen LogP contribution in [0.5, 0.6) is 0 Å². The van der Waals surface area contributed by atoms with Gasteiger partial charge < -0.3 is 0 Å². The summed E-state index contributed by atoms with van der Waals surface area (Å²) in [5.74, 6) is -1.93. The van der Waals surface area contributed by atoms with E-state index in [0.29, 0.717) is 0 Å². The second kappa shape index (κ2) is 2.51. The lowest BCUT2D eigenvalue weighted by molar-refractivity contribution is -0.165. The molecule has 0 aromatic carbocycles. The van der Waals surface area contributed by atoms with Crippen LogP contribution in [0.15, 0.2) is 18.4 Å². The lowest BCUT2D eigenvalue weighted by atomic mass is 10.4. The molecule has 0 rings (SSSR count). The number of carbonyl (C=O) groups excluding carboxylic acids is 1. The molecule has 0 fully saturated rings. The molecule has 0 bridgehead atoms. The summed E-state index contributed by atoms with van der Waals surface area (Å²) in [6.45, 7) is 2.81. The molecule has 0 aliphatic carbocycles. The van der Waals surface area contributed by atoms with Gasteiger partial charge in [-0.15, -0.1) is 5.73 Å². The average Bonchev–Trinajstić information content (AvgIpc) is 1.64. The van der Waals surface area contributed by atoms with E-state index in [4.69, 9.17) is 0 Å². The molecule has 0 aliphatic rings. The molecule has 9 heavy (non-hydrogen) atoms. The van der Waals surface area contributed by atoms with Gasteiger partial charge in [0.25, 0.3) is 5.78 Å². The third-order valence-electron chi connectivity index (χ3n) is 0.513. The largest absolute Gasteiger partial charge is 0.454 e. The van der Waals surface area contributed by atoms with Crippen LogP contribution in [0.2, 0.25) is 0 Å². The van der Waals surface area contributed by atoms with Crippen LogP contribution in [0.4, 0.5) is 13.2 Å². The Bertz CT molecular complexity index is 162. The maximum Gasteiger partial charge on any atom is 0.454 e. The van der Waals surface area contributed by atoms with E-state index in [1.807, 2.05) is 0 Å². The predicted octanol–water partition coefficient (Wildman–Crippen LogP) is 1.46. The summed E-state index contributed by atoms with van der Waals surface area (Å²) < 4.78 is 33.6. The summed E-state index contributed by atoms with van der Waals surface area (Å²) in [6.07, 6.45) is -4.54. The molecule has 0 aromatic heterocycles. The van der Waals surface area contributed by atoms with Crippen LogP contribution in [-0.4, -0.2) is 12.0 Å². The minimum Gasteiger partial charge on any atom is -0.284 e. The van der Waals surface area contributed by atoms with Crippen LogP contribution in [0.25, 0.3) is 0 Å². The van der Waals surface area contributed by atoms with E-state index in [2.05, 4.69) is 6.58 Å². The number of carbonyl (C=O) groups is 1. The van der Waals surface area contributed by atoms with Crippen molar-refractivity contribution < 1.29 is 18.0 Å². The summed E-state index contributed by atoms with van der Waals surface area (Å²) in [5.41, 5.74) is 1.73. The molecule has 0 spiro atoms. The van der Waals surface area contributed by atoms with Crippen molar-refractivity contribution in [3.05, 3.63) is 18.4 Å². The first kappa shape index (κ1) is 7.98. The van der Waals surface area contributed by atoms with Crippen LogP contribution in [-0.2, 0) is 4.79 Å². The van der Waals surface area contributed by atoms with Gasteiger partial charge in [-0.05, 0) is 0 Å². The van der Waals surface area contributed by atoms with Gasteiger partial charge in [-0.2, -0.15) is 13.2 Å². The summed E-state index contributed by atoms with van der Waals surface area (Å²) in [4.78, 5) is 9.78. The molecule has 0 amide bonds. The summed E-state index contributed by atoms with van der Waals surface area (Å²) >= 11 is 0. The Morgan fingerprint density at radius 1 is 1.56 bits per heavy atom. The van der Waals surface area contributed by atoms with Gasteiger partial charge in [0.2, 0.25) is 0 Å². The minimum absolute atomic E-state index is 0.250. The molecule has 0 N–H and O–H groups in total. The third-order valence-corrected chi connectivity index (χ3v) is 0.513. The molecular formula is C5H3F3O. The lowest BCUT2D eigenvalue weighted by Gasteiger charge is -1.96. The minimum atomic E-state index is -4.79. The normalized spacial score (nSPS) is 10.1. The maximum atomic E-state index is 11.2. The van der Waals surface area contributed by atoms with E-state index in [1.165, 1.54) is 0 Å². The van der Waals surface area contributed by atoms with E-state index in [0.717, 1.165) is 0 Å². The Balaban J connectivity index is 4.22. The fourth-order valence-electron chi connectivity index (χ4n) is 0.175. The molecule has 0 aliphatic heterocycles. The zero-order valence-electron chi connectivity index (χ0n) is 4.33. The van der Waals surface area contributed by atoms with Gasteiger partial charge in [0.15, 0.2) is 0 Å². The van der Waals surface area contributed by atoms with Gasteiger partial charge >= 0.3 is 6.18 Å². The van der Waals surface area contributed by atoms with Crippen LogP contribution < -0.4 is 0 Å². The van der Waals surface area contributed by atoms with Crippen LogP contribution >= 0.6 is 0 Å². The van der Waals surface area contributed by atoms with Crippen molar-refractivity contribution in [2.75, 3.05) is 0 Å². The molecule has 0 atom stereocenters. The number of hydrogen-bond acceptors (Lipinski definition) is 1. The third kappa shape index (κ3) is 2.72. The monoisotopic (exact) mass is 136 g/mol. The van der Waals surface area contributed by atoms with E-state index in [9.17, 15) is 18.0 Å². The number of ketones is 1. The average molecular weight is 136 g/mol. The first-order valence-corrected chi connectivity index (χ1v) is 1.95. The van der Waals surface area contributed by atoms with Crippen LogP contribution in [0.1, 0.15) is 0 Å². The maximum absolute atomic E-state index is 11.2. The van der Waals surface area contributed by atoms with Gasteiger partial charge in [0, 0.05) is 6.08 Å². The first-order valence-electron chi connectivity index (χ1n) is 1.95.